The molecule has 4 aromatic rings. The van der Waals surface area contributed by atoms with Gasteiger partial charge in [0.1, 0.15) is 12.1 Å². The molecule has 1 aromatic heterocycles. The zero-order valence-corrected chi connectivity index (χ0v) is 23.1. The summed E-state index contributed by atoms with van der Waals surface area (Å²) < 4.78 is 36.1. The first-order valence-corrected chi connectivity index (χ1v) is 14.0. The number of rotatable bonds is 8. The molecule has 0 spiro atoms. The number of anilines is 1. The Balaban J connectivity index is 1.70. The van der Waals surface area contributed by atoms with Crippen LogP contribution in [0.2, 0.25) is 10.0 Å². The Bertz CT molecular complexity index is 1510. The number of aromatic nitrogens is 1. The summed E-state index contributed by atoms with van der Waals surface area (Å²) in [5.74, 6) is -0.676. The smallest absolute Gasteiger partial charge is 0.327 e. The molecular formula is C28H28Cl2N2O4S. The van der Waals surface area contributed by atoms with E-state index < -0.39 is 28.1 Å². The third kappa shape index (κ3) is 6.66. The van der Waals surface area contributed by atoms with Gasteiger partial charge in [-0.3, -0.25) is 9.10 Å². The molecule has 0 saturated heterocycles. The second-order valence-electron chi connectivity index (χ2n) is 9.69. The highest BCUT2D eigenvalue weighted by molar-refractivity contribution is 7.92. The van der Waals surface area contributed by atoms with E-state index >= 15 is 0 Å². The molecule has 0 amide bonds. The molecule has 9 heteroatoms. The summed E-state index contributed by atoms with van der Waals surface area (Å²) in [4.78, 5) is 12.6. The minimum Gasteiger partial charge on any atom is -0.459 e. The first-order chi connectivity index (χ1) is 17.4. The van der Waals surface area contributed by atoms with Crippen LogP contribution in [0.3, 0.4) is 0 Å². The normalized spacial score (nSPS) is 12.0. The fraction of sp³-hybridized carbons (Fsp3) is 0.250. The monoisotopic (exact) mass is 558 g/mol. The molecule has 0 aliphatic carbocycles. The van der Waals surface area contributed by atoms with E-state index in [2.05, 4.69) is 16.7 Å². The number of fused-ring (bicyclic) bond motifs is 1. The number of esters is 1. The second kappa shape index (κ2) is 10.8. The van der Waals surface area contributed by atoms with Crippen molar-refractivity contribution >= 4 is 55.8 Å². The van der Waals surface area contributed by atoms with Gasteiger partial charge in [0.25, 0.3) is 10.0 Å². The average molecular weight is 560 g/mol. The molecule has 0 radical (unpaired) electrons. The Kier molecular flexibility index (Phi) is 7.88. The summed E-state index contributed by atoms with van der Waals surface area (Å²) in [6, 6.07) is 21.5. The summed E-state index contributed by atoms with van der Waals surface area (Å²) in [5.41, 5.74) is 1.75. The quantitative estimate of drug-likeness (QED) is 0.225. The first kappa shape index (κ1) is 27.0. The van der Waals surface area contributed by atoms with Crippen LogP contribution in [-0.2, 0) is 32.5 Å². The van der Waals surface area contributed by atoms with Gasteiger partial charge in [-0.05, 0) is 75.2 Å². The summed E-state index contributed by atoms with van der Waals surface area (Å²) in [6.07, 6.45) is 2.84. The molecule has 6 nitrogen and oxygen atoms in total. The number of aryl methyl sites for hydroxylation is 2. The summed E-state index contributed by atoms with van der Waals surface area (Å²) in [6.45, 7) is 5.44. The molecular weight excluding hydrogens is 531 g/mol. The highest BCUT2D eigenvalue weighted by Gasteiger charge is 2.30. The molecule has 0 unspecified atom stereocenters. The van der Waals surface area contributed by atoms with Crippen molar-refractivity contribution < 1.29 is 17.9 Å². The Labute approximate surface area is 227 Å². The maximum atomic E-state index is 13.7. The van der Waals surface area contributed by atoms with Crippen LogP contribution in [0.15, 0.2) is 83.9 Å². The van der Waals surface area contributed by atoms with Crippen molar-refractivity contribution in [3.63, 3.8) is 0 Å². The van der Waals surface area contributed by atoms with E-state index in [1.165, 1.54) is 23.8 Å². The number of hydrogen-bond donors (Lipinski definition) is 0. The molecule has 194 valence electrons. The minimum atomic E-state index is -4.20. The molecule has 0 aliphatic rings. The lowest BCUT2D eigenvalue weighted by Crippen LogP contribution is -2.39. The Morgan fingerprint density at radius 2 is 1.62 bits per heavy atom. The largest absolute Gasteiger partial charge is 0.459 e. The van der Waals surface area contributed by atoms with E-state index in [1.54, 1.807) is 32.9 Å². The average Bonchev–Trinajstić information content (AvgIpc) is 3.22. The van der Waals surface area contributed by atoms with Crippen molar-refractivity contribution in [3.05, 3.63) is 94.6 Å². The molecule has 37 heavy (non-hydrogen) atoms. The maximum Gasteiger partial charge on any atom is 0.327 e. The van der Waals surface area contributed by atoms with Gasteiger partial charge in [0.15, 0.2) is 0 Å². The molecule has 0 saturated carbocycles. The van der Waals surface area contributed by atoms with Crippen LogP contribution < -0.4 is 4.31 Å². The lowest BCUT2D eigenvalue weighted by Gasteiger charge is -2.26. The van der Waals surface area contributed by atoms with Crippen molar-refractivity contribution in [2.75, 3.05) is 10.8 Å². The molecule has 3 aromatic carbocycles. The number of benzene rings is 3. The van der Waals surface area contributed by atoms with Crippen LogP contribution >= 0.6 is 23.2 Å². The van der Waals surface area contributed by atoms with E-state index in [-0.39, 0.29) is 14.9 Å². The van der Waals surface area contributed by atoms with Gasteiger partial charge in [-0.2, -0.15) is 0 Å². The van der Waals surface area contributed by atoms with Gasteiger partial charge >= 0.3 is 5.97 Å². The fourth-order valence-corrected chi connectivity index (χ4v) is 6.17. The van der Waals surface area contributed by atoms with Crippen LogP contribution in [0.1, 0.15) is 26.3 Å². The highest BCUT2D eigenvalue weighted by Crippen LogP contribution is 2.31. The summed E-state index contributed by atoms with van der Waals surface area (Å²) in [5, 5.41) is 1.20. The standard InChI is InChI=1S/C28H28Cl2N2O4S/c1-28(2,3)36-27(33)19-32(37(34,35)25-17-22(29)16-23(30)18-25)24-9-10-26-21(15-24)12-14-31(26)13-11-20-7-5-4-6-8-20/h4-10,12,14-18H,11,13,19H2,1-3H3. The van der Waals surface area contributed by atoms with E-state index in [0.29, 0.717) is 5.69 Å². The Morgan fingerprint density at radius 3 is 2.27 bits per heavy atom. The van der Waals surface area contributed by atoms with Crippen LogP contribution in [0, 0.1) is 0 Å². The van der Waals surface area contributed by atoms with Gasteiger partial charge < -0.3 is 9.30 Å². The number of halogens is 2. The minimum absolute atomic E-state index is 0.117. The van der Waals surface area contributed by atoms with Crippen molar-refractivity contribution in [1.29, 1.82) is 0 Å². The predicted molar refractivity (Wildman–Crippen MR) is 149 cm³/mol. The summed E-state index contributed by atoms with van der Waals surface area (Å²) in [7, 11) is -4.20. The zero-order valence-electron chi connectivity index (χ0n) is 20.8. The van der Waals surface area contributed by atoms with Crippen LogP contribution in [0.4, 0.5) is 5.69 Å². The Morgan fingerprint density at radius 1 is 0.946 bits per heavy atom. The van der Waals surface area contributed by atoms with Crippen molar-refractivity contribution in [1.82, 2.24) is 4.57 Å². The van der Waals surface area contributed by atoms with Crippen molar-refractivity contribution in [2.24, 2.45) is 0 Å². The molecule has 0 N–H and O–H groups in total. The molecule has 0 aliphatic heterocycles. The van der Waals surface area contributed by atoms with E-state index in [9.17, 15) is 13.2 Å². The molecule has 0 fully saturated rings. The van der Waals surface area contributed by atoms with Crippen molar-refractivity contribution in [2.45, 2.75) is 44.2 Å². The Hall–Kier alpha value is -3.00. The van der Waals surface area contributed by atoms with Gasteiger partial charge in [0.05, 0.1) is 10.6 Å². The number of ether oxygens (including phenoxy) is 1. The summed E-state index contributed by atoms with van der Waals surface area (Å²) >= 11 is 12.2. The lowest BCUT2D eigenvalue weighted by atomic mass is 10.1. The van der Waals surface area contributed by atoms with E-state index in [1.807, 2.05) is 36.5 Å². The van der Waals surface area contributed by atoms with Gasteiger partial charge in [-0.15, -0.1) is 0 Å². The van der Waals surface area contributed by atoms with E-state index in [4.69, 9.17) is 27.9 Å². The van der Waals surface area contributed by atoms with Crippen LogP contribution in [0.5, 0.6) is 0 Å². The fourth-order valence-electron chi connectivity index (χ4n) is 4.04. The third-order valence-corrected chi connectivity index (χ3v) is 7.83. The second-order valence-corrected chi connectivity index (χ2v) is 12.4. The number of sulfonamides is 1. The SMILES string of the molecule is CC(C)(C)OC(=O)CN(c1ccc2c(ccn2CCc2ccccc2)c1)S(=O)(=O)c1cc(Cl)cc(Cl)c1. The third-order valence-electron chi connectivity index (χ3n) is 5.64. The van der Waals surface area contributed by atoms with Gasteiger partial charge in [-0.25, -0.2) is 8.42 Å². The zero-order chi connectivity index (χ0) is 26.8. The topological polar surface area (TPSA) is 68.6 Å². The van der Waals surface area contributed by atoms with Gasteiger partial charge in [0.2, 0.25) is 0 Å². The lowest BCUT2D eigenvalue weighted by molar-refractivity contribution is -0.152. The van der Waals surface area contributed by atoms with Crippen LogP contribution in [-0.4, -0.2) is 31.1 Å². The van der Waals surface area contributed by atoms with Gasteiger partial charge in [-0.1, -0.05) is 53.5 Å². The molecule has 4 rings (SSSR count). The molecule has 0 atom stereocenters. The predicted octanol–water partition coefficient (Wildman–Crippen LogP) is 6.73. The number of carbonyl (C=O) groups is 1. The number of nitrogens with zero attached hydrogens (tertiary/aromatic N) is 2. The van der Waals surface area contributed by atoms with E-state index in [0.717, 1.165) is 28.2 Å². The molecule has 0 bridgehead atoms. The molecule has 1 heterocycles. The van der Waals surface area contributed by atoms with Crippen molar-refractivity contribution in [3.8, 4) is 0 Å². The van der Waals surface area contributed by atoms with Gasteiger partial charge in [0, 0.05) is 33.7 Å². The highest BCUT2D eigenvalue weighted by atomic mass is 35.5. The number of hydrogen-bond acceptors (Lipinski definition) is 4. The maximum absolute atomic E-state index is 13.7. The van der Waals surface area contributed by atoms with Crippen LogP contribution in [0.25, 0.3) is 10.9 Å². The first-order valence-electron chi connectivity index (χ1n) is 11.8. The number of carbonyl (C=O) groups excluding carboxylic acids is 1.